The molecule has 0 saturated heterocycles. The number of carbonyl (C=O) groups excluding carboxylic acids is 3. The lowest BCUT2D eigenvalue weighted by Gasteiger charge is -2.26. The second-order valence-electron chi connectivity index (χ2n) is 6.57. The molecule has 30 heavy (non-hydrogen) atoms. The molecule has 0 fully saturated rings. The van der Waals surface area contributed by atoms with Crippen molar-refractivity contribution >= 4 is 42.3 Å². The van der Waals surface area contributed by atoms with Gasteiger partial charge in [-0.2, -0.15) is 12.6 Å². The van der Waals surface area contributed by atoms with Gasteiger partial charge in [-0.15, -0.1) is 0 Å². The second kappa shape index (κ2) is 13.0. The Labute approximate surface area is 177 Å². The smallest absolute Gasteiger partial charge is 0.326 e. The molecule has 9 N–H and O–H groups in total. The number of amides is 3. The molecule has 6 atom stereocenters. The van der Waals surface area contributed by atoms with E-state index >= 15 is 0 Å². The Bertz CT molecular complexity index is 644. The fraction of sp³-hybridized carbons (Fsp3) is 0.688. The Balaban J connectivity index is 5.20. The summed E-state index contributed by atoms with van der Waals surface area (Å²) < 4.78 is 0. The van der Waals surface area contributed by atoms with Crippen LogP contribution in [0.3, 0.4) is 0 Å². The van der Waals surface area contributed by atoms with Crippen LogP contribution in [-0.2, 0) is 24.0 Å². The van der Waals surface area contributed by atoms with E-state index in [1.165, 1.54) is 6.92 Å². The van der Waals surface area contributed by atoms with Crippen LogP contribution in [0.1, 0.15) is 26.7 Å². The van der Waals surface area contributed by atoms with Crippen molar-refractivity contribution in [2.24, 2.45) is 5.73 Å². The van der Waals surface area contributed by atoms with Gasteiger partial charge < -0.3 is 42.1 Å². The molecule has 0 aromatic carbocycles. The zero-order valence-electron chi connectivity index (χ0n) is 16.4. The Morgan fingerprint density at radius 1 is 0.867 bits per heavy atom. The van der Waals surface area contributed by atoms with Crippen molar-refractivity contribution in [3.05, 3.63) is 0 Å². The van der Waals surface area contributed by atoms with Gasteiger partial charge in [0, 0.05) is 12.2 Å². The number of carboxylic acid groups (broad SMARTS) is 2. The van der Waals surface area contributed by atoms with Gasteiger partial charge in [-0.25, -0.2) is 4.79 Å². The molecule has 0 spiro atoms. The number of nitrogens with two attached hydrogens (primary N) is 1. The molecule has 0 heterocycles. The van der Waals surface area contributed by atoms with E-state index in [0.717, 1.165) is 6.92 Å². The number of thiol groups is 1. The van der Waals surface area contributed by atoms with Gasteiger partial charge in [-0.3, -0.25) is 19.2 Å². The standard InChI is InChI=1S/C16H28N4O9S/c1-6(21)11(17)14(26)19-9(5-30)13(25)20-12(7(2)22)15(27)18-8(16(28)29)3-4-10(23)24/h6-9,11-12,21-22,30H,3-5,17H2,1-2H3,(H,18,27)(H,19,26)(H,20,25)(H,23,24)(H,28,29). The molecule has 0 aliphatic heterocycles. The summed E-state index contributed by atoms with van der Waals surface area (Å²) in [5, 5.41) is 43.4. The normalized spacial score (nSPS) is 16.9. The predicted molar refractivity (Wildman–Crippen MR) is 105 cm³/mol. The number of aliphatic hydroxyl groups is 2. The average molecular weight is 452 g/mol. The van der Waals surface area contributed by atoms with Crippen LogP contribution in [0.2, 0.25) is 0 Å². The summed E-state index contributed by atoms with van der Waals surface area (Å²) >= 11 is 3.93. The molecule has 0 radical (unpaired) electrons. The summed E-state index contributed by atoms with van der Waals surface area (Å²) in [6.45, 7) is 2.44. The number of hydrogen-bond acceptors (Lipinski definition) is 9. The van der Waals surface area contributed by atoms with Gasteiger partial charge in [-0.05, 0) is 20.3 Å². The summed E-state index contributed by atoms with van der Waals surface area (Å²) in [5.41, 5.74) is 5.47. The highest BCUT2D eigenvalue weighted by atomic mass is 32.1. The first-order valence-electron chi connectivity index (χ1n) is 8.90. The van der Waals surface area contributed by atoms with E-state index in [0.29, 0.717) is 0 Å². The maximum atomic E-state index is 12.4. The van der Waals surface area contributed by atoms with Crippen LogP contribution in [0.4, 0.5) is 0 Å². The van der Waals surface area contributed by atoms with Gasteiger partial charge in [0.15, 0.2) is 0 Å². The maximum Gasteiger partial charge on any atom is 0.326 e. The minimum absolute atomic E-state index is 0.214. The average Bonchev–Trinajstić information content (AvgIpc) is 2.65. The quantitative estimate of drug-likeness (QED) is 0.125. The lowest BCUT2D eigenvalue weighted by atomic mass is 10.1. The van der Waals surface area contributed by atoms with E-state index in [1.54, 1.807) is 0 Å². The van der Waals surface area contributed by atoms with Crippen molar-refractivity contribution in [1.82, 2.24) is 16.0 Å². The lowest BCUT2D eigenvalue weighted by molar-refractivity contribution is -0.144. The van der Waals surface area contributed by atoms with Gasteiger partial charge >= 0.3 is 11.9 Å². The molecule has 0 aromatic rings. The molecular weight excluding hydrogens is 424 g/mol. The zero-order chi connectivity index (χ0) is 23.6. The molecule has 0 rings (SSSR count). The molecule has 0 saturated carbocycles. The first kappa shape index (κ1) is 27.6. The number of aliphatic carboxylic acids is 2. The number of aliphatic hydroxyl groups excluding tert-OH is 2. The molecule has 0 aromatic heterocycles. The van der Waals surface area contributed by atoms with Crippen LogP contribution >= 0.6 is 12.6 Å². The van der Waals surface area contributed by atoms with E-state index in [-0.39, 0.29) is 5.75 Å². The van der Waals surface area contributed by atoms with Crippen LogP contribution < -0.4 is 21.7 Å². The molecule has 172 valence electrons. The minimum Gasteiger partial charge on any atom is -0.481 e. The van der Waals surface area contributed by atoms with Crippen LogP contribution in [0.25, 0.3) is 0 Å². The molecule has 13 nitrogen and oxygen atoms in total. The molecular formula is C16H28N4O9S. The summed E-state index contributed by atoms with van der Waals surface area (Å²) in [6.07, 6.45) is -3.59. The Morgan fingerprint density at radius 2 is 1.40 bits per heavy atom. The zero-order valence-corrected chi connectivity index (χ0v) is 17.3. The van der Waals surface area contributed by atoms with Crippen LogP contribution in [-0.4, -0.2) is 92.2 Å². The SMILES string of the molecule is CC(O)C(N)C(=O)NC(CS)C(=O)NC(C(=O)NC(CCC(=O)O)C(=O)O)C(C)O. The highest BCUT2D eigenvalue weighted by molar-refractivity contribution is 7.80. The minimum atomic E-state index is -1.60. The maximum absolute atomic E-state index is 12.4. The molecule has 6 unspecified atom stereocenters. The summed E-state index contributed by atoms with van der Waals surface area (Å²) in [5.74, 6) is -5.81. The topological polar surface area (TPSA) is 228 Å². The van der Waals surface area contributed by atoms with Gasteiger partial charge in [0.2, 0.25) is 17.7 Å². The van der Waals surface area contributed by atoms with Gasteiger partial charge in [-0.1, -0.05) is 0 Å². The lowest BCUT2D eigenvalue weighted by Crippen LogP contribution is -2.60. The van der Waals surface area contributed by atoms with E-state index in [4.69, 9.17) is 15.9 Å². The van der Waals surface area contributed by atoms with Crippen molar-refractivity contribution < 1.29 is 44.4 Å². The van der Waals surface area contributed by atoms with Crippen LogP contribution in [0.5, 0.6) is 0 Å². The third-order valence-electron chi connectivity index (χ3n) is 3.96. The third kappa shape index (κ3) is 9.39. The van der Waals surface area contributed by atoms with Gasteiger partial charge in [0.05, 0.1) is 12.2 Å². The molecule has 0 bridgehead atoms. The number of hydrogen-bond donors (Lipinski definition) is 9. The van der Waals surface area contributed by atoms with Crippen LogP contribution in [0, 0.1) is 0 Å². The molecule has 0 aliphatic rings. The van der Waals surface area contributed by atoms with Crippen molar-refractivity contribution in [2.75, 3.05) is 5.75 Å². The van der Waals surface area contributed by atoms with Crippen molar-refractivity contribution in [1.29, 1.82) is 0 Å². The van der Waals surface area contributed by atoms with Gasteiger partial charge in [0.25, 0.3) is 0 Å². The first-order valence-corrected chi connectivity index (χ1v) is 9.53. The number of nitrogens with one attached hydrogen (secondary N) is 3. The predicted octanol–water partition coefficient (Wildman–Crippen LogP) is -3.59. The van der Waals surface area contributed by atoms with Gasteiger partial charge in [0.1, 0.15) is 24.2 Å². The van der Waals surface area contributed by atoms with Crippen molar-refractivity contribution in [2.45, 2.75) is 63.1 Å². The largest absolute Gasteiger partial charge is 0.481 e. The fourth-order valence-electron chi connectivity index (χ4n) is 2.13. The highest BCUT2D eigenvalue weighted by Crippen LogP contribution is 2.02. The summed E-state index contributed by atoms with van der Waals surface area (Å²) in [6, 6.07) is -5.76. The Morgan fingerprint density at radius 3 is 1.80 bits per heavy atom. The van der Waals surface area contributed by atoms with E-state index in [9.17, 15) is 34.2 Å². The molecule has 3 amide bonds. The number of rotatable bonds is 13. The Hall–Kier alpha value is -2.42. The van der Waals surface area contributed by atoms with Crippen molar-refractivity contribution in [3.63, 3.8) is 0 Å². The summed E-state index contributed by atoms with van der Waals surface area (Å²) in [4.78, 5) is 58.5. The number of carbonyl (C=O) groups is 5. The number of carboxylic acids is 2. The first-order chi connectivity index (χ1) is 13.8. The van der Waals surface area contributed by atoms with E-state index in [1.807, 2.05) is 0 Å². The van der Waals surface area contributed by atoms with Crippen molar-refractivity contribution in [3.8, 4) is 0 Å². The van der Waals surface area contributed by atoms with Crippen LogP contribution in [0.15, 0.2) is 0 Å². The highest BCUT2D eigenvalue weighted by Gasteiger charge is 2.32. The summed E-state index contributed by atoms with van der Waals surface area (Å²) in [7, 11) is 0. The fourth-order valence-corrected chi connectivity index (χ4v) is 2.38. The third-order valence-corrected chi connectivity index (χ3v) is 4.33. The van der Waals surface area contributed by atoms with E-state index in [2.05, 4.69) is 28.6 Å². The monoisotopic (exact) mass is 452 g/mol. The Kier molecular flexibility index (Phi) is 11.9. The molecule has 0 aliphatic carbocycles. The second-order valence-corrected chi connectivity index (χ2v) is 6.93. The van der Waals surface area contributed by atoms with E-state index < -0.39 is 78.9 Å². The molecule has 14 heteroatoms.